The van der Waals surface area contributed by atoms with Crippen molar-refractivity contribution in [1.29, 1.82) is 0 Å². The molecule has 0 aliphatic carbocycles. The third-order valence-corrected chi connectivity index (χ3v) is 3.73. The van der Waals surface area contributed by atoms with Gasteiger partial charge in [0.25, 0.3) is 0 Å². The first-order valence-electron chi connectivity index (χ1n) is 3.16. The molecule has 13 heavy (non-hydrogen) atoms. The Hall–Kier alpha value is 0.290. The molecule has 2 rings (SSSR count). The Balaban J connectivity index is 2.82. The Morgan fingerprint density at radius 3 is 2.85 bits per heavy atom. The summed E-state index contributed by atoms with van der Waals surface area (Å²) in [6.07, 6.45) is 2.09. The minimum Gasteiger partial charge on any atom is -0.233 e. The van der Waals surface area contributed by atoms with Crippen LogP contribution in [0.1, 0.15) is 0 Å². The van der Waals surface area contributed by atoms with Crippen LogP contribution in [0, 0.1) is 0 Å². The van der Waals surface area contributed by atoms with Gasteiger partial charge < -0.3 is 0 Å². The van der Waals surface area contributed by atoms with Gasteiger partial charge in [-0.2, -0.15) is 5.10 Å². The molecule has 2 aromatic heterocycles. The van der Waals surface area contributed by atoms with Gasteiger partial charge in [0.05, 0.1) is 12.6 Å². The fourth-order valence-electron chi connectivity index (χ4n) is 0.937. The summed E-state index contributed by atoms with van der Waals surface area (Å²) in [6.45, 7) is 0. The maximum absolute atomic E-state index is 5.89. The van der Waals surface area contributed by atoms with Crippen LogP contribution in [0.15, 0.2) is 6.20 Å². The quantitative estimate of drug-likeness (QED) is 0.345. The molecule has 2 heterocycles. The van der Waals surface area contributed by atoms with E-state index in [-0.39, 0.29) is 5.28 Å². The summed E-state index contributed by atoms with van der Waals surface area (Å²) in [5.41, 5.74) is 1.41. The van der Waals surface area contributed by atoms with Crippen LogP contribution >= 0.6 is 51.6 Å². The minimum absolute atomic E-state index is 0.147. The molecule has 8 heteroatoms. The number of halogens is 3. The molecule has 0 saturated carbocycles. The molecule has 0 saturated heterocycles. The van der Waals surface area contributed by atoms with Crippen molar-refractivity contribution >= 4 is 62.7 Å². The number of aromatic nitrogens is 4. The number of hydrogen-bond donors (Lipinski definition) is 0. The van der Waals surface area contributed by atoms with E-state index in [0.29, 0.717) is 17.0 Å². The summed E-state index contributed by atoms with van der Waals surface area (Å²) in [4.78, 5) is 7.84. The Morgan fingerprint density at radius 1 is 1.38 bits per heavy atom. The normalized spacial score (nSPS) is 11.9. The third kappa shape index (κ3) is 1.75. The lowest BCUT2D eigenvalue weighted by molar-refractivity contribution is 1.04. The highest BCUT2D eigenvalue weighted by atomic mass is 127. The van der Waals surface area contributed by atoms with E-state index in [9.17, 15) is 0 Å². The molecule has 4 nitrogen and oxygen atoms in total. The highest BCUT2D eigenvalue weighted by Gasteiger charge is 2.09. The molecule has 0 N–H and O–H groups in total. The average Bonchev–Trinajstić information content (AvgIpc) is 2.47. The molecule has 0 bridgehead atoms. The van der Waals surface area contributed by atoms with E-state index in [1.165, 1.54) is 0 Å². The van der Waals surface area contributed by atoms with Gasteiger partial charge in [-0.25, -0.2) is 14.4 Å². The van der Waals surface area contributed by atoms with Gasteiger partial charge in [0.1, 0.15) is 11.0 Å². The van der Waals surface area contributed by atoms with Gasteiger partial charge in [0.15, 0.2) is 5.15 Å². The van der Waals surface area contributed by atoms with Crippen LogP contribution in [0.3, 0.4) is 0 Å². The second kappa shape index (κ2) is 3.81. The van der Waals surface area contributed by atoms with Crippen LogP contribution in [0.2, 0.25) is 10.4 Å². The van der Waals surface area contributed by atoms with Crippen molar-refractivity contribution in [3.05, 3.63) is 16.6 Å². The second-order valence-corrected chi connectivity index (χ2v) is 4.89. The third-order valence-electron chi connectivity index (χ3n) is 1.43. The van der Waals surface area contributed by atoms with E-state index in [1.54, 1.807) is 10.6 Å². The smallest absolute Gasteiger partial charge is 0.224 e. The number of nitrogens with zero attached hydrogens (tertiary/aromatic N) is 4. The minimum atomic E-state index is 0.147. The molecular formula is C5H2Cl2IN4P. The summed E-state index contributed by atoms with van der Waals surface area (Å²) < 4.78 is 1.74. The summed E-state index contributed by atoms with van der Waals surface area (Å²) in [6, 6.07) is 0. The first-order chi connectivity index (χ1) is 6.22. The van der Waals surface area contributed by atoms with E-state index in [0.717, 1.165) is 5.52 Å². The van der Waals surface area contributed by atoms with Crippen LogP contribution in [0.25, 0.3) is 11.0 Å². The summed E-state index contributed by atoms with van der Waals surface area (Å²) in [5.74, 6) is 0. The molecule has 2 aromatic rings. The van der Waals surface area contributed by atoms with E-state index in [4.69, 9.17) is 23.2 Å². The van der Waals surface area contributed by atoms with Gasteiger partial charge in [-0.15, -0.1) is 0 Å². The highest BCUT2D eigenvalue weighted by Crippen LogP contribution is 2.31. The summed E-state index contributed by atoms with van der Waals surface area (Å²) >= 11 is 13.7. The molecule has 1 atom stereocenters. The Morgan fingerprint density at radius 2 is 2.15 bits per heavy atom. The average molecular weight is 347 g/mol. The van der Waals surface area contributed by atoms with E-state index in [2.05, 4.69) is 37.1 Å². The zero-order chi connectivity index (χ0) is 9.42. The van der Waals surface area contributed by atoms with Crippen LogP contribution in [-0.2, 0) is 0 Å². The molecule has 68 valence electrons. The van der Waals surface area contributed by atoms with Crippen molar-refractivity contribution in [3.63, 3.8) is 0 Å². The summed E-state index contributed by atoms with van der Waals surface area (Å²) in [7, 11) is 0. The van der Waals surface area contributed by atoms with Crippen LogP contribution in [0.4, 0.5) is 0 Å². The van der Waals surface area contributed by atoms with Crippen LogP contribution < -0.4 is 0 Å². The van der Waals surface area contributed by atoms with Gasteiger partial charge in [-0.3, -0.25) is 0 Å². The zero-order valence-corrected chi connectivity index (χ0v) is 10.7. The molecule has 0 aliphatic heterocycles. The standard InChI is InChI=1S/C5H2Cl2IN4P/c6-4-3-2(10-5(7)11-4)1-9-12(3)13-8/h1,13H. The lowest BCUT2D eigenvalue weighted by Crippen LogP contribution is -1.88. The molecular weight excluding hydrogens is 345 g/mol. The first kappa shape index (κ1) is 9.83. The van der Waals surface area contributed by atoms with Crippen molar-refractivity contribution < 1.29 is 0 Å². The largest absolute Gasteiger partial charge is 0.233 e. The van der Waals surface area contributed by atoms with Gasteiger partial charge in [-0.05, 0) is 33.6 Å². The molecule has 0 aliphatic rings. The Bertz CT molecular complexity index is 459. The summed E-state index contributed by atoms with van der Waals surface area (Å²) in [5, 5.41) is 4.58. The van der Waals surface area contributed by atoms with Crippen molar-refractivity contribution in [2.75, 3.05) is 0 Å². The second-order valence-electron chi connectivity index (χ2n) is 2.16. The predicted molar refractivity (Wildman–Crippen MR) is 63.1 cm³/mol. The topological polar surface area (TPSA) is 43.6 Å². The van der Waals surface area contributed by atoms with Gasteiger partial charge in [0, 0.05) is 0 Å². The molecule has 0 fully saturated rings. The number of fused-ring (bicyclic) bond motifs is 1. The maximum Gasteiger partial charge on any atom is 0.224 e. The number of hydrogen-bond acceptors (Lipinski definition) is 3. The van der Waals surface area contributed by atoms with E-state index >= 15 is 0 Å². The SMILES string of the molecule is Clc1nc(Cl)c2c(cnn2PI)n1. The monoisotopic (exact) mass is 346 g/mol. The Kier molecular flexibility index (Phi) is 2.88. The molecule has 0 radical (unpaired) electrons. The van der Waals surface area contributed by atoms with Crippen molar-refractivity contribution in [1.82, 2.24) is 19.5 Å². The maximum atomic E-state index is 5.89. The molecule has 0 spiro atoms. The van der Waals surface area contributed by atoms with Crippen LogP contribution in [-0.4, -0.2) is 19.5 Å². The fourth-order valence-corrected chi connectivity index (χ4v) is 2.99. The van der Waals surface area contributed by atoms with Gasteiger partial charge in [0.2, 0.25) is 5.28 Å². The zero-order valence-electron chi connectivity index (χ0n) is 6.00. The lowest BCUT2D eigenvalue weighted by atomic mass is 10.5. The van der Waals surface area contributed by atoms with Crippen molar-refractivity contribution in [2.24, 2.45) is 0 Å². The van der Waals surface area contributed by atoms with Crippen molar-refractivity contribution in [3.8, 4) is 0 Å². The molecule has 0 amide bonds. The molecule has 0 aromatic carbocycles. The van der Waals surface area contributed by atoms with Gasteiger partial charge >= 0.3 is 0 Å². The highest BCUT2D eigenvalue weighted by molar-refractivity contribution is 14.2. The fraction of sp³-hybridized carbons (Fsp3) is 0. The Labute approximate surface area is 98.3 Å². The van der Waals surface area contributed by atoms with Gasteiger partial charge in [-0.1, -0.05) is 11.6 Å². The predicted octanol–water partition coefficient (Wildman–Crippen LogP) is 2.92. The molecule has 1 unspecified atom stereocenters. The van der Waals surface area contributed by atoms with E-state index < -0.39 is 0 Å². The van der Waals surface area contributed by atoms with Crippen molar-refractivity contribution in [2.45, 2.75) is 0 Å². The van der Waals surface area contributed by atoms with Crippen LogP contribution in [0.5, 0.6) is 0 Å². The van der Waals surface area contributed by atoms with E-state index in [1.807, 2.05) is 0 Å². The number of rotatable bonds is 1. The lowest BCUT2D eigenvalue weighted by Gasteiger charge is -1.98. The first-order valence-corrected chi connectivity index (χ1v) is 7.97.